The molecular formula is C16H20N4O2. The summed E-state index contributed by atoms with van der Waals surface area (Å²) in [6.45, 7) is 3.23. The molecule has 4 rings (SSSR count). The molecule has 6 heteroatoms. The van der Waals surface area contributed by atoms with Gasteiger partial charge in [-0.1, -0.05) is 0 Å². The van der Waals surface area contributed by atoms with Crippen LogP contribution in [-0.2, 0) is 11.8 Å². The van der Waals surface area contributed by atoms with Crippen LogP contribution in [0.15, 0.2) is 35.2 Å². The number of imidazole rings is 1. The third-order valence-electron chi connectivity index (χ3n) is 4.69. The predicted molar refractivity (Wildman–Crippen MR) is 81.6 cm³/mol. The number of aryl methyl sites for hydroxylation is 1. The molecule has 0 aromatic carbocycles. The standard InChI is InChI=1S/C16H20N4O2/c1-18-5-4-17-16(18)20-8-6-19(7-9-20)15(21)13-11-12(13)14-3-2-10-22-14/h2-5,10,12-13H,6-9,11H2,1H3/t12-,13+/m1/s1. The van der Waals surface area contributed by atoms with E-state index < -0.39 is 0 Å². The number of hydrogen-bond donors (Lipinski definition) is 0. The maximum Gasteiger partial charge on any atom is 0.226 e. The number of carbonyl (C=O) groups excluding carboxylic acids is 1. The van der Waals surface area contributed by atoms with E-state index in [9.17, 15) is 4.79 Å². The number of amides is 1. The van der Waals surface area contributed by atoms with Gasteiger partial charge in [0.15, 0.2) is 0 Å². The highest BCUT2D eigenvalue weighted by Gasteiger charge is 2.47. The van der Waals surface area contributed by atoms with Crippen molar-refractivity contribution in [2.75, 3.05) is 31.1 Å². The Labute approximate surface area is 129 Å². The molecule has 3 heterocycles. The first kappa shape index (κ1) is 13.4. The summed E-state index contributed by atoms with van der Waals surface area (Å²) in [5.41, 5.74) is 0. The van der Waals surface area contributed by atoms with Crippen molar-refractivity contribution in [3.63, 3.8) is 0 Å². The van der Waals surface area contributed by atoms with E-state index in [0.717, 1.165) is 44.3 Å². The summed E-state index contributed by atoms with van der Waals surface area (Å²) in [6.07, 6.45) is 6.36. The molecular weight excluding hydrogens is 280 g/mol. The molecule has 2 fully saturated rings. The molecule has 0 radical (unpaired) electrons. The van der Waals surface area contributed by atoms with Crippen LogP contribution in [-0.4, -0.2) is 46.5 Å². The van der Waals surface area contributed by atoms with E-state index in [1.165, 1.54) is 0 Å². The fourth-order valence-electron chi connectivity index (χ4n) is 3.31. The summed E-state index contributed by atoms with van der Waals surface area (Å²) >= 11 is 0. The molecule has 1 saturated carbocycles. The van der Waals surface area contributed by atoms with Crippen LogP contribution >= 0.6 is 0 Å². The Morgan fingerprint density at radius 3 is 2.77 bits per heavy atom. The Morgan fingerprint density at radius 2 is 2.14 bits per heavy atom. The average Bonchev–Trinajstić information content (AvgIpc) is 2.95. The third kappa shape index (κ3) is 2.28. The van der Waals surface area contributed by atoms with Crippen LogP contribution in [0, 0.1) is 5.92 Å². The molecule has 0 N–H and O–H groups in total. The number of aromatic nitrogens is 2. The molecule has 0 bridgehead atoms. The normalized spacial score (nSPS) is 24.6. The number of nitrogens with zero attached hydrogens (tertiary/aromatic N) is 4. The Hall–Kier alpha value is -2.24. The number of carbonyl (C=O) groups is 1. The second kappa shape index (κ2) is 5.19. The highest BCUT2D eigenvalue weighted by atomic mass is 16.3. The van der Waals surface area contributed by atoms with E-state index in [-0.39, 0.29) is 17.7 Å². The van der Waals surface area contributed by atoms with E-state index in [1.54, 1.807) is 6.26 Å². The lowest BCUT2D eigenvalue weighted by Gasteiger charge is -2.35. The summed E-state index contributed by atoms with van der Waals surface area (Å²) in [4.78, 5) is 21.2. The maximum absolute atomic E-state index is 12.6. The van der Waals surface area contributed by atoms with E-state index in [1.807, 2.05) is 41.0 Å². The zero-order chi connectivity index (χ0) is 15.1. The molecule has 2 aliphatic rings. The van der Waals surface area contributed by atoms with E-state index >= 15 is 0 Å². The molecule has 0 unspecified atom stereocenters. The first-order valence-corrected chi connectivity index (χ1v) is 7.78. The van der Waals surface area contributed by atoms with Crippen molar-refractivity contribution in [2.45, 2.75) is 12.3 Å². The number of furan rings is 1. The summed E-state index contributed by atoms with van der Waals surface area (Å²) in [5.74, 6) is 2.61. The van der Waals surface area contributed by atoms with Crippen molar-refractivity contribution in [3.8, 4) is 0 Å². The van der Waals surface area contributed by atoms with Crippen molar-refractivity contribution in [3.05, 3.63) is 36.5 Å². The smallest absolute Gasteiger partial charge is 0.226 e. The molecule has 1 saturated heterocycles. The quantitative estimate of drug-likeness (QED) is 0.861. The largest absolute Gasteiger partial charge is 0.469 e. The van der Waals surface area contributed by atoms with Gasteiger partial charge in [-0.05, 0) is 18.6 Å². The lowest BCUT2D eigenvalue weighted by atomic mass is 10.2. The van der Waals surface area contributed by atoms with Crippen LogP contribution in [0.25, 0.3) is 0 Å². The van der Waals surface area contributed by atoms with Crippen molar-refractivity contribution >= 4 is 11.9 Å². The van der Waals surface area contributed by atoms with Gasteiger partial charge < -0.3 is 18.8 Å². The Kier molecular flexibility index (Phi) is 3.17. The molecule has 0 spiro atoms. The summed E-state index contributed by atoms with van der Waals surface area (Å²) < 4.78 is 7.43. The van der Waals surface area contributed by atoms with Gasteiger partial charge in [0.25, 0.3) is 0 Å². The molecule has 6 nitrogen and oxygen atoms in total. The van der Waals surface area contributed by atoms with Gasteiger partial charge in [-0.3, -0.25) is 4.79 Å². The van der Waals surface area contributed by atoms with Crippen LogP contribution in [0.4, 0.5) is 5.95 Å². The van der Waals surface area contributed by atoms with Gasteiger partial charge >= 0.3 is 0 Å². The topological polar surface area (TPSA) is 54.5 Å². The predicted octanol–water partition coefficient (Wildman–Crippen LogP) is 1.47. The number of anilines is 1. The highest BCUT2D eigenvalue weighted by molar-refractivity contribution is 5.83. The van der Waals surface area contributed by atoms with Gasteiger partial charge in [0.2, 0.25) is 11.9 Å². The van der Waals surface area contributed by atoms with Crippen LogP contribution in [0.3, 0.4) is 0 Å². The molecule has 22 heavy (non-hydrogen) atoms. The van der Waals surface area contributed by atoms with Crippen molar-refractivity contribution in [1.82, 2.24) is 14.5 Å². The third-order valence-corrected chi connectivity index (χ3v) is 4.69. The molecule has 1 amide bonds. The van der Waals surface area contributed by atoms with Crippen molar-refractivity contribution in [1.29, 1.82) is 0 Å². The average molecular weight is 300 g/mol. The van der Waals surface area contributed by atoms with Crippen molar-refractivity contribution < 1.29 is 9.21 Å². The maximum atomic E-state index is 12.6. The molecule has 1 aliphatic carbocycles. The zero-order valence-electron chi connectivity index (χ0n) is 12.7. The lowest BCUT2D eigenvalue weighted by molar-refractivity contribution is -0.133. The van der Waals surface area contributed by atoms with Gasteiger partial charge in [-0.15, -0.1) is 0 Å². The number of hydrogen-bond acceptors (Lipinski definition) is 4. The van der Waals surface area contributed by atoms with E-state index in [2.05, 4.69) is 9.88 Å². The van der Waals surface area contributed by atoms with Crippen LogP contribution in [0.1, 0.15) is 18.1 Å². The second-order valence-corrected chi connectivity index (χ2v) is 6.11. The molecule has 2 aromatic heterocycles. The molecule has 2 atom stereocenters. The first-order chi connectivity index (χ1) is 10.7. The van der Waals surface area contributed by atoms with Crippen LogP contribution in [0.5, 0.6) is 0 Å². The van der Waals surface area contributed by atoms with Crippen LogP contribution < -0.4 is 4.90 Å². The SMILES string of the molecule is Cn1ccnc1N1CCN(C(=O)[C@H]2C[C@H]2c2ccco2)CC1. The molecule has 2 aromatic rings. The van der Waals surface area contributed by atoms with Crippen molar-refractivity contribution in [2.24, 2.45) is 13.0 Å². The second-order valence-electron chi connectivity index (χ2n) is 6.11. The van der Waals surface area contributed by atoms with Gasteiger partial charge in [0.05, 0.1) is 6.26 Å². The monoisotopic (exact) mass is 300 g/mol. The Balaban J connectivity index is 1.34. The zero-order valence-corrected chi connectivity index (χ0v) is 12.7. The molecule has 116 valence electrons. The fraction of sp³-hybridized carbons (Fsp3) is 0.500. The minimum Gasteiger partial charge on any atom is -0.469 e. The van der Waals surface area contributed by atoms with Gasteiger partial charge in [0, 0.05) is 57.5 Å². The minimum atomic E-state index is 0.117. The van der Waals surface area contributed by atoms with Gasteiger partial charge in [-0.2, -0.15) is 0 Å². The van der Waals surface area contributed by atoms with Crippen LogP contribution in [0.2, 0.25) is 0 Å². The van der Waals surface area contributed by atoms with Gasteiger partial charge in [0.1, 0.15) is 5.76 Å². The highest BCUT2D eigenvalue weighted by Crippen LogP contribution is 2.48. The lowest BCUT2D eigenvalue weighted by Crippen LogP contribution is -2.50. The minimum absolute atomic E-state index is 0.117. The number of piperazine rings is 1. The number of rotatable bonds is 3. The Morgan fingerprint density at radius 1 is 1.32 bits per heavy atom. The summed E-state index contributed by atoms with van der Waals surface area (Å²) in [5, 5.41) is 0. The first-order valence-electron chi connectivity index (χ1n) is 7.78. The summed E-state index contributed by atoms with van der Waals surface area (Å²) in [7, 11) is 2.00. The van der Waals surface area contributed by atoms with E-state index in [0.29, 0.717) is 0 Å². The van der Waals surface area contributed by atoms with E-state index in [4.69, 9.17) is 4.42 Å². The summed E-state index contributed by atoms with van der Waals surface area (Å²) in [6, 6.07) is 3.86. The Bertz CT molecular complexity index is 656. The molecule has 1 aliphatic heterocycles. The fourth-order valence-corrected chi connectivity index (χ4v) is 3.31. The van der Waals surface area contributed by atoms with Gasteiger partial charge in [-0.25, -0.2) is 4.98 Å².